The second-order valence-electron chi connectivity index (χ2n) is 3.00. The van der Waals surface area contributed by atoms with E-state index < -0.39 is 12.0 Å². The highest BCUT2D eigenvalue weighted by atomic mass is 19.1. The van der Waals surface area contributed by atoms with E-state index in [2.05, 4.69) is 5.32 Å². The molecule has 0 fully saturated rings. The minimum Gasteiger partial charge on any atom is -0.480 e. The SMILES string of the molecule is O=C(O)C1NCc2cc(F)ccc21. The van der Waals surface area contributed by atoms with Crippen molar-refractivity contribution in [1.29, 1.82) is 0 Å². The highest BCUT2D eigenvalue weighted by Gasteiger charge is 2.27. The van der Waals surface area contributed by atoms with Gasteiger partial charge in [0, 0.05) is 6.54 Å². The van der Waals surface area contributed by atoms with Gasteiger partial charge < -0.3 is 5.11 Å². The van der Waals surface area contributed by atoms with Crippen LogP contribution in [0.25, 0.3) is 0 Å². The van der Waals surface area contributed by atoms with Crippen molar-refractivity contribution in [2.24, 2.45) is 0 Å². The van der Waals surface area contributed by atoms with Gasteiger partial charge in [-0.15, -0.1) is 0 Å². The van der Waals surface area contributed by atoms with E-state index in [1.165, 1.54) is 18.2 Å². The molecule has 1 aliphatic rings. The van der Waals surface area contributed by atoms with Crippen molar-refractivity contribution < 1.29 is 14.3 Å². The first-order valence-electron chi connectivity index (χ1n) is 3.93. The Kier molecular flexibility index (Phi) is 1.77. The Hall–Kier alpha value is -1.42. The number of halogens is 1. The third-order valence-corrected chi connectivity index (χ3v) is 2.16. The summed E-state index contributed by atoms with van der Waals surface area (Å²) in [5.41, 5.74) is 1.39. The summed E-state index contributed by atoms with van der Waals surface area (Å²) < 4.78 is 12.7. The highest BCUT2D eigenvalue weighted by Crippen LogP contribution is 2.25. The average molecular weight is 181 g/mol. The normalized spacial score (nSPS) is 19.9. The van der Waals surface area contributed by atoms with Gasteiger partial charge in [0.05, 0.1) is 0 Å². The van der Waals surface area contributed by atoms with Crippen molar-refractivity contribution in [3.05, 3.63) is 35.1 Å². The summed E-state index contributed by atoms with van der Waals surface area (Å²) in [5, 5.41) is 11.6. The number of fused-ring (bicyclic) bond motifs is 1. The van der Waals surface area contributed by atoms with E-state index >= 15 is 0 Å². The molecule has 0 radical (unpaired) electrons. The molecule has 0 saturated heterocycles. The molecule has 0 amide bonds. The van der Waals surface area contributed by atoms with Crippen LogP contribution in [0.1, 0.15) is 17.2 Å². The number of hydrogen-bond donors (Lipinski definition) is 2. The van der Waals surface area contributed by atoms with Crippen LogP contribution in [0.4, 0.5) is 4.39 Å². The monoisotopic (exact) mass is 181 g/mol. The molecule has 1 aromatic carbocycles. The van der Waals surface area contributed by atoms with Crippen LogP contribution in [0.5, 0.6) is 0 Å². The molecule has 1 heterocycles. The molecule has 0 aromatic heterocycles. The van der Waals surface area contributed by atoms with Crippen LogP contribution in [0.15, 0.2) is 18.2 Å². The fourth-order valence-corrected chi connectivity index (χ4v) is 1.55. The number of aliphatic carboxylic acids is 1. The molecule has 1 atom stereocenters. The van der Waals surface area contributed by atoms with Gasteiger partial charge in [0.25, 0.3) is 0 Å². The van der Waals surface area contributed by atoms with E-state index in [-0.39, 0.29) is 5.82 Å². The van der Waals surface area contributed by atoms with Crippen molar-refractivity contribution in [1.82, 2.24) is 5.32 Å². The number of benzene rings is 1. The first kappa shape index (κ1) is 8.19. The second kappa shape index (κ2) is 2.81. The summed E-state index contributed by atoms with van der Waals surface area (Å²) in [4.78, 5) is 10.7. The summed E-state index contributed by atoms with van der Waals surface area (Å²) in [6.07, 6.45) is 0. The minimum atomic E-state index is -0.926. The number of carbonyl (C=O) groups is 1. The number of carboxylic acid groups (broad SMARTS) is 1. The van der Waals surface area contributed by atoms with Crippen molar-refractivity contribution in [2.45, 2.75) is 12.6 Å². The molecule has 1 unspecified atom stereocenters. The maximum absolute atomic E-state index is 12.7. The zero-order valence-corrected chi connectivity index (χ0v) is 6.75. The number of rotatable bonds is 1. The Morgan fingerprint density at radius 2 is 2.38 bits per heavy atom. The van der Waals surface area contributed by atoms with E-state index in [4.69, 9.17) is 5.11 Å². The lowest BCUT2D eigenvalue weighted by Crippen LogP contribution is -2.21. The van der Waals surface area contributed by atoms with Crippen LogP contribution in [-0.4, -0.2) is 11.1 Å². The zero-order chi connectivity index (χ0) is 9.42. The molecule has 3 nitrogen and oxygen atoms in total. The van der Waals surface area contributed by atoms with Gasteiger partial charge in [0.15, 0.2) is 0 Å². The second-order valence-corrected chi connectivity index (χ2v) is 3.00. The summed E-state index contributed by atoms with van der Waals surface area (Å²) in [7, 11) is 0. The topological polar surface area (TPSA) is 49.3 Å². The lowest BCUT2D eigenvalue weighted by atomic mass is 10.1. The molecule has 4 heteroatoms. The first-order chi connectivity index (χ1) is 6.18. The van der Waals surface area contributed by atoms with Gasteiger partial charge in [0.1, 0.15) is 11.9 Å². The van der Waals surface area contributed by atoms with Gasteiger partial charge >= 0.3 is 5.97 Å². The average Bonchev–Trinajstić information content (AvgIpc) is 2.46. The Labute approximate surface area is 74.2 Å². The fraction of sp³-hybridized carbons (Fsp3) is 0.222. The summed E-state index contributed by atoms with van der Waals surface area (Å²) in [6.45, 7) is 0.421. The largest absolute Gasteiger partial charge is 0.480 e. The summed E-state index contributed by atoms with van der Waals surface area (Å²) in [6, 6.07) is 3.48. The van der Waals surface area contributed by atoms with Crippen molar-refractivity contribution >= 4 is 5.97 Å². The Bertz CT molecular complexity index is 365. The van der Waals surface area contributed by atoms with Crippen LogP contribution in [0.2, 0.25) is 0 Å². The quantitative estimate of drug-likeness (QED) is 0.680. The van der Waals surface area contributed by atoms with Gasteiger partial charge in [-0.1, -0.05) is 6.07 Å². The van der Waals surface area contributed by atoms with E-state index in [1.54, 1.807) is 0 Å². The molecule has 0 spiro atoms. The molecule has 0 aliphatic carbocycles. The Morgan fingerprint density at radius 1 is 1.62 bits per heavy atom. The van der Waals surface area contributed by atoms with Crippen LogP contribution in [-0.2, 0) is 11.3 Å². The van der Waals surface area contributed by atoms with Gasteiger partial charge in [0.2, 0.25) is 0 Å². The van der Waals surface area contributed by atoms with Crippen LogP contribution in [0.3, 0.4) is 0 Å². The lowest BCUT2D eigenvalue weighted by Gasteiger charge is -2.04. The van der Waals surface area contributed by atoms with Crippen LogP contribution in [0, 0.1) is 5.82 Å². The van der Waals surface area contributed by atoms with E-state index in [9.17, 15) is 9.18 Å². The number of nitrogens with one attached hydrogen (secondary N) is 1. The zero-order valence-electron chi connectivity index (χ0n) is 6.75. The molecule has 0 bridgehead atoms. The smallest absolute Gasteiger partial charge is 0.325 e. The van der Waals surface area contributed by atoms with Crippen LogP contribution < -0.4 is 5.32 Å². The standard InChI is InChI=1S/C9H8FNO2/c10-6-1-2-7-5(3-6)4-11-8(7)9(12)13/h1-3,8,11H,4H2,(H,12,13). The molecule has 1 aliphatic heterocycles. The highest BCUT2D eigenvalue weighted by molar-refractivity contribution is 5.77. The molecule has 1 aromatic rings. The Balaban J connectivity index is 2.44. The van der Waals surface area contributed by atoms with Gasteiger partial charge in [-0.2, -0.15) is 0 Å². The van der Waals surface area contributed by atoms with Gasteiger partial charge in [-0.3, -0.25) is 10.1 Å². The van der Waals surface area contributed by atoms with Gasteiger partial charge in [-0.05, 0) is 23.3 Å². The summed E-state index contributed by atoms with van der Waals surface area (Å²) in [5.74, 6) is -1.25. The van der Waals surface area contributed by atoms with Crippen LogP contribution >= 0.6 is 0 Å². The van der Waals surface area contributed by atoms with Crippen molar-refractivity contribution in [3.8, 4) is 0 Å². The molecule has 2 rings (SSSR count). The number of hydrogen-bond acceptors (Lipinski definition) is 2. The maximum atomic E-state index is 12.7. The van der Waals surface area contributed by atoms with Crippen molar-refractivity contribution in [3.63, 3.8) is 0 Å². The lowest BCUT2D eigenvalue weighted by molar-refractivity contribution is -0.139. The third kappa shape index (κ3) is 1.29. The maximum Gasteiger partial charge on any atom is 0.325 e. The molecule has 0 saturated carbocycles. The molecule has 68 valence electrons. The predicted molar refractivity (Wildman–Crippen MR) is 43.6 cm³/mol. The number of carboxylic acids is 1. The fourth-order valence-electron chi connectivity index (χ4n) is 1.55. The molecule has 2 N–H and O–H groups in total. The molecular formula is C9H8FNO2. The predicted octanol–water partition coefficient (Wildman–Crippen LogP) is 1.05. The van der Waals surface area contributed by atoms with E-state index in [0.717, 1.165) is 5.56 Å². The first-order valence-corrected chi connectivity index (χ1v) is 3.93. The van der Waals surface area contributed by atoms with Crippen molar-refractivity contribution in [2.75, 3.05) is 0 Å². The molecule has 13 heavy (non-hydrogen) atoms. The molecular weight excluding hydrogens is 173 g/mol. The summed E-state index contributed by atoms with van der Waals surface area (Å²) >= 11 is 0. The van der Waals surface area contributed by atoms with E-state index in [1.807, 2.05) is 0 Å². The van der Waals surface area contributed by atoms with E-state index in [0.29, 0.717) is 12.1 Å². The Morgan fingerprint density at radius 3 is 3.08 bits per heavy atom. The van der Waals surface area contributed by atoms with Gasteiger partial charge in [-0.25, -0.2) is 4.39 Å². The third-order valence-electron chi connectivity index (χ3n) is 2.16. The minimum absolute atomic E-state index is 0.327.